The molecule has 0 heterocycles. The molecule has 3 N–H and O–H groups in total. The predicted octanol–water partition coefficient (Wildman–Crippen LogP) is 1.24. The minimum absolute atomic E-state index is 0.961. The Labute approximate surface area is 97.0 Å². The molecule has 1 amide bonds. The highest BCUT2D eigenvalue weighted by molar-refractivity contribution is 7.86. The molecule has 0 unspecified atom stereocenters. The minimum Gasteiger partial charge on any atom is -0.366 e. The first-order valence-electron chi connectivity index (χ1n) is 2.60. The molecule has 0 radical (unpaired) electrons. The number of nitrogens with two attached hydrogens (primary N) is 1. The molecular weight excluding hydrogens is 309 g/mol. The van der Waals surface area contributed by atoms with Gasteiger partial charge in [-0.05, 0) is 0 Å². The van der Waals surface area contributed by atoms with E-state index in [1.807, 2.05) is 0 Å². The van der Waals surface area contributed by atoms with Crippen LogP contribution in [0.25, 0.3) is 0 Å². The summed E-state index contributed by atoms with van der Waals surface area (Å²) in [5.74, 6) is -0.961. The fourth-order valence-electron chi connectivity index (χ4n) is 0. The molecule has 5 nitrogen and oxygen atoms in total. The van der Waals surface area contributed by atoms with Gasteiger partial charge in [-0.15, -0.1) is 0 Å². The third kappa shape index (κ3) is 9.00. The molecule has 0 fully saturated rings. The van der Waals surface area contributed by atoms with Crippen LogP contribution >= 0.6 is 34.8 Å². The maximum Gasteiger partial charge on any atom is 0.522 e. The lowest BCUT2D eigenvalue weighted by molar-refractivity contribution is -0.117. The number of rotatable bonds is 0. The van der Waals surface area contributed by atoms with E-state index in [1.165, 1.54) is 0 Å². The number of primary amides is 1. The third-order valence-electron chi connectivity index (χ3n) is 0.572. The zero-order valence-electron chi connectivity index (χ0n) is 6.43. The lowest BCUT2D eigenvalue weighted by Crippen LogP contribution is -2.27. The number of hydrogen-bond acceptors (Lipinski definition) is 3. The Morgan fingerprint density at radius 3 is 1.33 bits per heavy atom. The summed E-state index contributed by atoms with van der Waals surface area (Å²) in [4.78, 5) is 9.85. The van der Waals surface area contributed by atoms with Crippen molar-refractivity contribution in [1.29, 1.82) is 0 Å². The number of carbonyl (C=O) groups excluding carboxylic acids is 1. The van der Waals surface area contributed by atoms with Gasteiger partial charge in [-0.2, -0.15) is 21.6 Å². The summed E-state index contributed by atoms with van der Waals surface area (Å²) in [6.07, 6.45) is 0. The molecule has 0 aromatic carbocycles. The van der Waals surface area contributed by atoms with Gasteiger partial charge in [0.15, 0.2) is 0 Å². The normalized spacial score (nSPS) is 12.7. The summed E-state index contributed by atoms with van der Waals surface area (Å²) < 4.78 is 55.6. The smallest absolute Gasteiger partial charge is 0.366 e. The number of amides is 1. The van der Waals surface area contributed by atoms with Crippen LogP contribution in [0.2, 0.25) is 0 Å². The van der Waals surface area contributed by atoms with Crippen LogP contribution in [0.3, 0.4) is 0 Å². The first kappa shape index (κ1) is 17.4. The van der Waals surface area contributed by atoms with E-state index in [0.29, 0.717) is 0 Å². The Hall–Kier alpha value is 0.0400. The Kier molecular flexibility index (Phi) is 6.27. The van der Waals surface area contributed by atoms with Crippen LogP contribution in [0, 0.1) is 0 Å². The van der Waals surface area contributed by atoms with Crippen LogP contribution < -0.4 is 5.73 Å². The molecule has 15 heavy (non-hydrogen) atoms. The lowest BCUT2D eigenvalue weighted by atomic mass is 10.7. The van der Waals surface area contributed by atoms with E-state index in [1.54, 1.807) is 0 Å². The SMILES string of the molecule is NC(=O)C(Cl)(Cl)Cl.O=S(=O)(O)C(F)(F)F. The van der Waals surface area contributed by atoms with Crippen LogP contribution in [-0.4, -0.2) is 28.2 Å². The summed E-state index contributed by atoms with van der Waals surface area (Å²) in [6.45, 7) is 0. The van der Waals surface area contributed by atoms with Crippen molar-refractivity contribution in [3.8, 4) is 0 Å². The van der Waals surface area contributed by atoms with Gasteiger partial charge in [0.05, 0.1) is 0 Å². The average molecular weight is 312 g/mol. The highest BCUT2D eigenvalue weighted by Crippen LogP contribution is 2.24. The summed E-state index contributed by atoms with van der Waals surface area (Å²) in [5.41, 5.74) is -1.000. The molecule has 0 aliphatic carbocycles. The molecular formula is C3H3Cl3F3NO4S. The summed E-state index contributed by atoms with van der Waals surface area (Å²) in [6, 6.07) is 0. The van der Waals surface area contributed by atoms with E-state index in [2.05, 4.69) is 5.73 Å². The average Bonchev–Trinajstić information content (AvgIpc) is 1.80. The van der Waals surface area contributed by atoms with Crippen LogP contribution in [-0.2, 0) is 14.9 Å². The number of halogens is 6. The Balaban J connectivity index is 0. The van der Waals surface area contributed by atoms with Gasteiger partial charge in [-0.3, -0.25) is 9.35 Å². The standard InChI is InChI=1S/C2H2Cl3NO.CHF3O3S/c3-2(4,5)1(6)7;2-1(3,4)8(5,6)7/h(H2,6,7);(H,5,6,7). The molecule has 0 aliphatic rings. The molecule has 0 aliphatic heterocycles. The van der Waals surface area contributed by atoms with Gasteiger partial charge in [0.2, 0.25) is 0 Å². The van der Waals surface area contributed by atoms with E-state index >= 15 is 0 Å². The topological polar surface area (TPSA) is 97.5 Å². The van der Waals surface area contributed by atoms with Crippen molar-refractivity contribution in [2.24, 2.45) is 5.73 Å². The molecule has 0 atom stereocenters. The maximum atomic E-state index is 10.7. The van der Waals surface area contributed by atoms with Crippen LogP contribution in [0.1, 0.15) is 0 Å². The van der Waals surface area contributed by atoms with E-state index < -0.39 is 25.3 Å². The van der Waals surface area contributed by atoms with Crippen molar-refractivity contribution in [2.75, 3.05) is 0 Å². The molecule has 0 rings (SSSR count). The fraction of sp³-hybridized carbons (Fsp3) is 0.667. The molecule has 0 bridgehead atoms. The fourth-order valence-corrected chi connectivity index (χ4v) is 0. The highest BCUT2D eigenvalue weighted by Gasteiger charge is 2.44. The second-order valence-electron chi connectivity index (χ2n) is 1.78. The minimum atomic E-state index is -5.84. The lowest BCUT2D eigenvalue weighted by Gasteiger charge is -2.01. The summed E-state index contributed by atoms with van der Waals surface area (Å²) >= 11 is 14.8. The first-order chi connectivity index (χ1) is 6.19. The van der Waals surface area contributed by atoms with Crippen LogP contribution in [0.4, 0.5) is 13.2 Å². The zero-order chi connectivity index (χ0) is 13.1. The highest BCUT2D eigenvalue weighted by atomic mass is 35.6. The number of carbonyl (C=O) groups is 1. The first-order valence-corrected chi connectivity index (χ1v) is 5.17. The van der Waals surface area contributed by atoms with Gasteiger partial charge >= 0.3 is 15.6 Å². The molecule has 0 saturated heterocycles. The second kappa shape index (κ2) is 5.39. The molecule has 92 valence electrons. The summed E-state index contributed by atoms with van der Waals surface area (Å²) in [7, 11) is -5.84. The van der Waals surface area contributed by atoms with Crippen molar-refractivity contribution in [3.05, 3.63) is 0 Å². The molecule has 0 aromatic rings. The van der Waals surface area contributed by atoms with E-state index in [4.69, 9.17) is 47.8 Å². The monoisotopic (exact) mass is 311 g/mol. The Morgan fingerprint density at radius 2 is 1.33 bits per heavy atom. The van der Waals surface area contributed by atoms with Crippen molar-refractivity contribution >= 4 is 50.8 Å². The van der Waals surface area contributed by atoms with Gasteiger partial charge < -0.3 is 5.73 Å². The number of hydrogen-bond donors (Lipinski definition) is 2. The quantitative estimate of drug-likeness (QED) is 0.399. The number of alkyl halides is 6. The van der Waals surface area contributed by atoms with Gasteiger partial charge in [-0.1, -0.05) is 34.8 Å². The van der Waals surface area contributed by atoms with Gasteiger partial charge in [0.1, 0.15) is 0 Å². The van der Waals surface area contributed by atoms with Crippen LogP contribution in [0.5, 0.6) is 0 Å². The maximum absolute atomic E-state index is 10.7. The van der Waals surface area contributed by atoms with Gasteiger partial charge in [0, 0.05) is 0 Å². The van der Waals surface area contributed by atoms with E-state index in [0.717, 1.165) is 0 Å². The summed E-state index contributed by atoms with van der Waals surface area (Å²) in [5, 5.41) is 0. The Morgan fingerprint density at radius 1 is 1.20 bits per heavy atom. The molecule has 0 spiro atoms. The third-order valence-corrected chi connectivity index (χ3v) is 1.72. The molecule has 12 heteroatoms. The Bertz CT molecular complexity index is 320. The van der Waals surface area contributed by atoms with Crippen molar-refractivity contribution in [1.82, 2.24) is 0 Å². The predicted molar refractivity (Wildman–Crippen MR) is 47.1 cm³/mol. The van der Waals surface area contributed by atoms with Crippen molar-refractivity contribution in [3.63, 3.8) is 0 Å². The van der Waals surface area contributed by atoms with Crippen LogP contribution in [0.15, 0.2) is 0 Å². The van der Waals surface area contributed by atoms with Gasteiger partial charge in [0.25, 0.3) is 9.70 Å². The zero-order valence-corrected chi connectivity index (χ0v) is 9.51. The van der Waals surface area contributed by atoms with Gasteiger partial charge in [-0.25, -0.2) is 0 Å². The van der Waals surface area contributed by atoms with E-state index in [9.17, 15) is 18.0 Å². The largest absolute Gasteiger partial charge is 0.522 e. The molecule has 0 aromatic heterocycles. The second-order valence-corrected chi connectivity index (χ2v) is 5.48. The van der Waals surface area contributed by atoms with Crippen molar-refractivity contribution < 1.29 is 30.9 Å². The van der Waals surface area contributed by atoms with Crippen molar-refractivity contribution in [2.45, 2.75) is 9.30 Å². The molecule has 0 saturated carbocycles. The van der Waals surface area contributed by atoms with E-state index in [-0.39, 0.29) is 0 Å².